The van der Waals surface area contributed by atoms with Gasteiger partial charge in [-0.05, 0) is 12.1 Å². The van der Waals surface area contributed by atoms with Crippen LogP contribution in [0.3, 0.4) is 0 Å². The first-order valence-electron chi connectivity index (χ1n) is 4.66. The third-order valence-electron chi connectivity index (χ3n) is 1.97. The van der Waals surface area contributed by atoms with Crippen LogP contribution in [0.1, 0.15) is 12.0 Å². The molecule has 4 N–H and O–H groups in total. The summed E-state index contributed by atoms with van der Waals surface area (Å²) in [6, 6.07) is 3.07. The maximum absolute atomic E-state index is 10.5. The Kier molecular flexibility index (Phi) is 4.86. The number of carbonyl (C=O) groups excluding carboxylic acids is 1. The molecule has 1 rings (SSSR count). The molecular formula is C10H12Cl2N2O2. The van der Waals surface area contributed by atoms with Crippen LogP contribution >= 0.6 is 23.2 Å². The van der Waals surface area contributed by atoms with E-state index in [4.69, 9.17) is 28.9 Å². The SMILES string of the molecule is NC(=O)CCNCc1cc(Cl)cc(Cl)c1O. The van der Waals surface area contributed by atoms with Gasteiger partial charge in [0.25, 0.3) is 0 Å². The molecule has 0 fully saturated rings. The van der Waals surface area contributed by atoms with Gasteiger partial charge in [0.1, 0.15) is 5.75 Å². The summed E-state index contributed by atoms with van der Waals surface area (Å²) in [5.74, 6) is -0.376. The van der Waals surface area contributed by atoms with Gasteiger partial charge in [-0.2, -0.15) is 0 Å². The molecule has 0 spiro atoms. The first-order valence-corrected chi connectivity index (χ1v) is 5.42. The Morgan fingerprint density at radius 1 is 1.44 bits per heavy atom. The zero-order valence-electron chi connectivity index (χ0n) is 8.46. The lowest BCUT2D eigenvalue weighted by atomic mass is 10.2. The van der Waals surface area contributed by atoms with Crippen LogP contribution in [0.2, 0.25) is 10.0 Å². The zero-order chi connectivity index (χ0) is 12.1. The van der Waals surface area contributed by atoms with Crippen molar-refractivity contribution < 1.29 is 9.90 Å². The summed E-state index contributed by atoms with van der Waals surface area (Å²) >= 11 is 11.5. The van der Waals surface area contributed by atoms with E-state index in [-0.39, 0.29) is 23.1 Å². The van der Waals surface area contributed by atoms with E-state index in [1.807, 2.05) is 0 Å². The molecule has 4 nitrogen and oxygen atoms in total. The van der Waals surface area contributed by atoms with Crippen molar-refractivity contribution >= 4 is 29.1 Å². The number of phenols is 1. The fourth-order valence-corrected chi connectivity index (χ4v) is 1.72. The summed E-state index contributed by atoms with van der Waals surface area (Å²) < 4.78 is 0. The number of hydrogen-bond donors (Lipinski definition) is 3. The van der Waals surface area contributed by atoms with Gasteiger partial charge in [0.05, 0.1) is 5.02 Å². The highest BCUT2D eigenvalue weighted by atomic mass is 35.5. The highest BCUT2D eigenvalue weighted by Crippen LogP contribution is 2.30. The van der Waals surface area contributed by atoms with Gasteiger partial charge in [-0.1, -0.05) is 23.2 Å². The van der Waals surface area contributed by atoms with Gasteiger partial charge in [0.15, 0.2) is 0 Å². The molecule has 0 atom stereocenters. The number of halogens is 2. The largest absolute Gasteiger partial charge is 0.506 e. The van der Waals surface area contributed by atoms with E-state index >= 15 is 0 Å². The fraction of sp³-hybridized carbons (Fsp3) is 0.300. The monoisotopic (exact) mass is 262 g/mol. The molecule has 0 heterocycles. The molecule has 0 aliphatic carbocycles. The molecular weight excluding hydrogens is 251 g/mol. The zero-order valence-corrected chi connectivity index (χ0v) is 9.98. The van der Waals surface area contributed by atoms with Crippen LogP contribution in [0, 0.1) is 0 Å². The Morgan fingerprint density at radius 3 is 2.75 bits per heavy atom. The van der Waals surface area contributed by atoms with Crippen molar-refractivity contribution in [2.45, 2.75) is 13.0 Å². The summed E-state index contributed by atoms with van der Waals surface area (Å²) in [6.45, 7) is 0.818. The van der Waals surface area contributed by atoms with Gasteiger partial charge >= 0.3 is 0 Å². The van der Waals surface area contributed by atoms with Crippen molar-refractivity contribution in [2.24, 2.45) is 5.73 Å². The number of carbonyl (C=O) groups is 1. The van der Waals surface area contributed by atoms with E-state index in [9.17, 15) is 9.90 Å². The van der Waals surface area contributed by atoms with Gasteiger partial charge in [0.2, 0.25) is 5.91 Å². The van der Waals surface area contributed by atoms with Crippen molar-refractivity contribution in [3.05, 3.63) is 27.7 Å². The highest BCUT2D eigenvalue weighted by Gasteiger charge is 2.07. The number of hydrogen-bond acceptors (Lipinski definition) is 3. The van der Waals surface area contributed by atoms with Crippen LogP contribution in [-0.4, -0.2) is 17.6 Å². The van der Waals surface area contributed by atoms with Crippen LogP contribution in [0.15, 0.2) is 12.1 Å². The number of amides is 1. The van der Waals surface area contributed by atoms with E-state index in [2.05, 4.69) is 5.32 Å². The van der Waals surface area contributed by atoms with Crippen LogP contribution in [-0.2, 0) is 11.3 Å². The molecule has 0 aliphatic rings. The first-order chi connectivity index (χ1) is 7.50. The number of benzene rings is 1. The summed E-state index contributed by atoms with van der Waals surface area (Å²) in [6.07, 6.45) is 0.245. The highest BCUT2D eigenvalue weighted by molar-refractivity contribution is 6.35. The maximum atomic E-state index is 10.5. The minimum Gasteiger partial charge on any atom is -0.506 e. The van der Waals surface area contributed by atoms with Gasteiger partial charge in [-0.3, -0.25) is 4.79 Å². The Bertz CT molecular complexity index is 397. The van der Waals surface area contributed by atoms with Crippen molar-refractivity contribution in [3.8, 4) is 5.75 Å². The number of nitrogens with one attached hydrogen (secondary N) is 1. The second kappa shape index (κ2) is 5.94. The molecule has 6 heteroatoms. The lowest BCUT2D eigenvalue weighted by molar-refractivity contribution is -0.117. The van der Waals surface area contributed by atoms with E-state index < -0.39 is 0 Å². The van der Waals surface area contributed by atoms with Crippen LogP contribution < -0.4 is 11.1 Å². The van der Waals surface area contributed by atoms with Crippen molar-refractivity contribution in [3.63, 3.8) is 0 Å². The summed E-state index contributed by atoms with van der Waals surface area (Å²) in [5.41, 5.74) is 5.56. The Balaban J connectivity index is 2.57. The summed E-state index contributed by atoms with van der Waals surface area (Å²) in [5, 5.41) is 13.2. The fourth-order valence-electron chi connectivity index (χ4n) is 1.19. The quantitative estimate of drug-likeness (QED) is 0.707. The molecule has 0 unspecified atom stereocenters. The van der Waals surface area contributed by atoms with Gasteiger partial charge in [-0.25, -0.2) is 0 Å². The molecule has 0 bridgehead atoms. The third-order valence-corrected chi connectivity index (χ3v) is 2.48. The number of phenolic OH excluding ortho intramolecular Hbond substituents is 1. The van der Waals surface area contributed by atoms with Crippen LogP contribution in [0.5, 0.6) is 5.75 Å². The molecule has 1 aromatic carbocycles. The normalized spacial score (nSPS) is 10.4. The van der Waals surface area contributed by atoms with E-state index in [0.717, 1.165) is 0 Å². The first kappa shape index (κ1) is 13.1. The lowest BCUT2D eigenvalue weighted by Gasteiger charge is -2.08. The predicted octanol–water partition coefficient (Wildman–Crippen LogP) is 1.66. The topological polar surface area (TPSA) is 75.4 Å². The Hall–Kier alpha value is -0.970. The number of rotatable bonds is 5. The minimum atomic E-state index is -0.374. The third kappa shape index (κ3) is 3.89. The van der Waals surface area contributed by atoms with Crippen molar-refractivity contribution in [1.29, 1.82) is 0 Å². The predicted molar refractivity (Wildman–Crippen MR) is 63.6 cm³/mol. The molecule has 1 amide bonds. The number of primary amides is 1. The summed E-state index contributed by atoms with van der Waals surface area (Å²) in [4.78, 5) is 10.5. The van der Waals surface area contributed by atoms with Crippen molar-refractivity contribution in [2.75, 3.05) is 6.54 Å². The van der Waals surface area contributed by atoms with Crippen LogP contribution in [0.4, 0.5) is 0 Å². The smallest absolute Gasteiger partial charge is 0.218 e. The molecule has 88 valence electrons. The second-order valence-electron chi connectivity index (χ2n) is 3.29. The van der Waals surface area contributed by atoms with Crippen LogP contribution in [0.25, 0.3) is 0 Å². The van der Waals surface area contributed by atoms with Crippen molar-refractivity contribution in [1.82, 2.24) is 5.32 Å². The van der Waals surface area contributed by atoms with E-state index in [1.54, 1.807) is 6.07 Å². The molecule has 0 saturated carbocycles. The molecule has 0 radical (unpaired) electrons. The van der Waals surface area contributed by atoms with E-state index in [0.29, 0.717) is 23.7 Å². The summed E-state index contributed by atoms with van der Waals surface area (Å²) in [7, 11) is 0. The van der Waals surface area contributed by atoms with Gasteiger partial charge in [-0.15, -0.1) is 0 Å². The van der Waals surface area contributed by atoms with Gasteiger partial charge in [0, 0.05) is 30.1 Å². The number of nitrogens with two attached hydrogens (primary N) is 1. The maximum Gasteiger partial charge on any atom is 0.218 e. The average Bonchev–Trinajstić information content (AvgIpc) is 2.19. The second-order valence-corrected chi connectivity index (χ2v) is 4.13. The Labute approximate surface area is 103 Å². The molecule has 0 saturated heterocycles. The number of aromatic hydroxyl groups is 1. The molecule has 0 aromatic heterocycles. The molecule has 0 aliphatic heterocycles. The van der Waals surface area contributed by atoms with Gasteiger partial charge < -0.3 is 16.2 Å². The Morgan fingerprint density at radius 2 is 2.12 bits per heavy atom. The lowest BCUT2D eigenvalue weighted by Crippen LogP contribution is -2.21. The molecule has 1 aromatic rings. The standard InChI is InChI=1S/C10H12Cl2N2O2/c11-7-3-6(10(16)8(12)4-7)5-14-2-1-9(13)15/h3-4,14,16H,1-2,5H2,(H2,13,15). The minimum absolute atomic E-state index is 0.00218. The average molecular weight is 263 g/mol. The molecule has 16 heavy (non-hydrogen) atoms. The van der Waals surface area contributed by atoms with E-state index in [1.165, 1.54) is 6.07 Å².